The van der Waals surface area contributed by atoms with Gasteiger partial charge >= 0.3 is 0 Å². The molecular weight excluding hydrogens is 220 g/mol. The fourth-order valence-corrected chi connectivity index (χ4v) is 2.05. The van der Waals surface area contributed by atoms with Crippen LogP contribution in [-0.2, 0) is 10.8 Å². The van der Waals surface area contributed by atoms with Gasteiger partial charge in [0, 0.05) is 6.26 Å². The first-order valence-electron chi connectivity index (χ1n) is 4.93. The highest BCUT2D eigenvalue weighted by Gasteiger charge is 2.06. The van der Waals surface area contributed by atoms with Crippen LogP contribution in [0.4, 0.5) is 0 Å². The molecule has 0 N–H and O–H groups in total. The second-order valence-corrected chi connectivity index (χ2v) is 4.66. The zero-order chi connectivity index (χ0) is 11.4. The molecule has 0 amide bonds. The van der Waals surface area contributed by atoms with Crippen LogP contribution >= 0.6 is 0 Å². The molecule has 82 valence electrons. The van der Waals surface area contributed by atoms with E-state index in [4.69, 9.17) is 4.74 Å². The summed E-state index contributed by atoms with van der Waals surface area (Å²) in [7, 11) is -1.04. The third-order valence-electron chi connectivity index (χ3n) is 2.13. The van der Waals surface area contributed by atoms with Crippen molar-refractivity contribution in [2.45, 2.75) is 4.90 Å². The minimum Gasteiger partial charge on any atom is -0.456 e. The summed E-state index contributed by atoms with van der Waals surface area (Å²) in [5.41, 5.74) is 0. The lowest BCUT2D eigenvalue weighted by Crippen LogP contribution is -1.92. The van der Waals surface area contributed by atoms with Gasteiger partial charge in [0.25, 0.3) is 0 Å². The third-order valence-corrected chi connectivity index (χ3v) is 3.09. The molecule has 2 aromatic carbocycles. The molecule has 2 rings (SSSR count). The summed E-state index contributed by atoms with van der Waals surface area (Å²) in [6.07, 6.45) is 1.65. The normalized spacial score (nSPS) is 12.1. The van der Waals surface area contributed by atoms with Crippen molar-refractivity contribution in [3.8, 4) is 11.5 Å². The molecule has 0 saturated carbocycles. The summed E-state index contributed by atoms with van der Waals surface area (Å²) in [6, 6.07) is 16.8. The summed E-state index contributed by atoms with van der Waals surface area (Å²) in [6.45, 7) is 0. The molecule has 1 atom stereocenters. The highest BCUT2D eigenvalue weighted by Crippen LogP contribution is 2.26. The fraction of sp³-hybridized carbons (Fsp3) is 0.0769. The molecular formula is C13H12O2S. The monoisotopic (exact) mass is 232 g/mol. The Morgan fingerprint density at radius 1 is 0.938 bits per heavy atom. The number of para-hydroxylation sites is 2. The lowest BCUT2D eigenvalue weighted by Gasteiger charge is -2.08. The molecule has 0 fully saturated rings. The van der Waals surface area contributed by atoms with Gasteiger partial charge < -0.3 is 4.74 Å². The SMILES string of the molecule is CS(=O)c1ccccc1Oc1ccccc1. The quantitative estimate of drug-likeness (QED) is 0.812. The predicted molar refractivity (Wildman–Crippen MR) is 65.3 cm³/mol. The first-order valence-corrected chi connectivity index (χ1v) is 6.48. The van der Waals surface area contributed by atoms with E-state index in [0.717, 1.165) is 5.75 Å². The molecule has 0 heterocycles. The van der Waals surface area contributed by atoms with Gasteiger partial charge in [-0.2, -0.15) is 0 Å². The van der Waals surface area contributed by atoms with E-state index in [1.165, 1.54) is 0 Å². The third kappa shape index (κ3) is 2.49. The second kappa shape index (κ2) is 4.94. The Morgan fingerprint density at radius 3 is 2.25 bits per heavy atom. The van der Waals surface area contributed by atoms with Gasteiger partial charge in [0.2, 0.25) is 0 Å². The molecule has 16 heavy (non-hydrogen) atoms. The van der Waals surface area contributed by atoms with E-state index in [-0.39, 0.29) is 0 Å². The van der Waals surface area contributed by atoms with Crippen molar-refractivity contribution in [3.63, 3.8) is 0 Å². The molecule has 0 spiro atoms. The van der Waals surface area contributed by atoms with Crippen molar-refractivity contribution in [2.75, 3.05) is 6.26 Å². The van der Waals surface area contributed by atoms with Crippen molar-refractivity contribution in [2.24, 2.45) is 0 Å². The minimum atomic E-state index is -1.04. The zero-order valence-corrected chi connectivity index (χ0v) is 9.74. The molecule has 0 aliphatic carbocycles. The average molecular weight is 232 g/mol. The smallest absolute Gasteiger partial charge is 0.143 e. The first kappa shape index (κ1) is 10.9. The van der Waals surface area contributed by atoms with Gasteiger partial charge in [0.15, 0.2) is 0 Å². The second-order valence-electron chi connectivity index (χ2n) is 3.32. The Morgan fingerprint density at radius 2 is 1.56 bits per heavy atom. The van der Waals surface area contributed by atoms with E-state index in [1.807, 2.05) is 54.6 Å². The van der Waals surface area contributed by atoms with Gasteiger partial charge in [0.1, 0.15) is 11.5 Å². The summed E-state index contributed by atoms with van der Waals surface area (Å²) in [5.74, 6) is 1.40. The van der Waals surface area contributed by atoms with E-state index in [1.54, 1.807) is 6.26 Å². The number of hydrogen-bond donors (Lipinski definition) is 0. The van der Waals surface area contributed by atoms with Crippen LogP contribution < -0.4 is 4.74 Å². The van der Waals surface area contributed by atoms with Crippen molar-refractivity contribution < 1.29 is 8.95 Å². The van der Waals surface area contributed by atoms with Crippen LogP contribution in [0, 0.1) is 0 Å². The summed E-state index contributed by atoms with van der Waals surface area (Å²) < 4.78 is 17.2. The van der Waals surface area contributed by atoms with E-state index in [2.05, 4.69) is 0 Å². The number of rotatable bonds is 3. The van der Waals surface area contributed by atoms with Crippen LogP contribution in [0.2, 0.25) is 0 Å². The highest BCUT2D eigenvalue weighted by molar-refractivity contribution is 7.84. The predicted octanol–water partition coefficient (Wildman–Crippen LogP) is 3.22. The van der Waals surface area contributed by atoms with Gasteiger partial charge in [-0.3, -0.25) is 4.21 Å². The Labute approximate surface area is 97.3 Å². The molecule has 1 unspecified atom stereocenters. The number of hydrogen-bond acceptors (Lipinski definition) is 2. The highest BCUT2D eigenvalue weighted by atomic mass is 32.2. The maximum Gasteiger partial charge on any atom is 0.143 e. The zero-order valence-electron chi connectivity index (χ0n) is 8.92. The molecule has 0 saturated heterocycles. The van der Waals surface area contributed by atoms with Gasteiger partial charge in [-0.1, -0.05) is 30.3 Å². The molecule has 0 aliphatic heterocycles. The maximum absolute atomic E-state index is 11.5. The molecule has 0 aliphatic rings. The molecule has 0 bridgehead atoms. The van der Waals surface area contributed by atoms with E-state index in [0.29, 0.717) is 10.6 Å². The summed E-state index contributed by atoms with van der Waals surface area (Å²) >= 11 is 0. The summed E-state index contributed by atoms with van der Waals surface area (Å²) in [5, 5.41) is 0. The van der Waals surface area contributed by atoms with Crippen LogP contribution in [0.3, 0.4) is 0 Å². The molecule has 3 heteroatoms. The van der Waals surface area contributed by atoms with Crippen molar-refractivity contribution in [1.82, 2.24) is 0 Å². The van der Waals surface area contributed by atoms with Crippen molar-refractivity contribution in [1.29, 1.82) is 0 Å². The van der Waals surface area contributed by atoms with Crippen LogP contribution in [0.25, 0.3) is 0 Å². The largest absolute Gasteiger partial charge is 0.456 e. The fourth-order valence-electron chi connectivity index (χ4n) is 1.39. The van der Waals surface area contributed by atoms with Gasteiger partial charge in [-0.25, -0.2) is 0 Å². The van der Waals surface area contributed by atoms with Crippen LogP contribution in [0.5, 0.6) is 11.5 Å². The maximum atomic E-state index is 11.5. The lowest BCUT2D eigenvalue weighted by atomic mass is 10.3. The molecule has 2 nitrogen and oxygen atoms in total. The van der Waals surface area contributed by atoms with Gasteiger partial charge in [-0.15, -0.1) is 0 Å². The van der Waals surface area contributed by atoms with Gasteiger partial charge in [-0.05, 0) is 24.3 Å². The number of benzene rings is 2. The lowest BCUT2D eigenvalue weighted by molar-refractivity contribution is 0.470. The minimum absolute atomic E-state index is 0.648. The first-order chi connectivity index (χ1) is 7.77. The van der Waals surface area contributed by atoms with E-state index >= 15 is 0 Å². The average Bonchev–Trinajstić information content (AvgIpc) is 2.31. The molecule has 0 aromatic heterocycles. The topological polar surface area (TPSA) is 26.3 Å². The van der Waals surface area contributed by atoms with Crippen molar-refractivity contribution in [3.05, 3.63) is 54.6 Å². The summed E-state index contributed by atoms with van der Waals surface area (Å²) in [4.78, 5) is 0.714. The standard InChI is InChI=1S/C13H12O2S/c1-16(14)13-10-6-5-9-12(13)15-11-7-3-2-4-8-11/h2-10H,1H3. The Bertz CT molecular complexity index is 494. The Kier molecular flexibility index (Phi) is 3.37. The Hall–Kier alpha value is -1.61. The van der Waals surface area contributed by atoms with Crippen molar-refractivity contribution >= 4 is 10.8 Å². The molecule has 2 aromatic rings. The van der Waals surface area contributed by atoms with Gasteiger partial charge in [0.05, 0.1) is 15.7 Å². The Balaban J connectivity index is 2.31. The van der Waals surface area contributed by atoms with Crippen LogP contribution in [0.15, 0.2) is 59.5 Å². The van der Waals surface area contributed by atoms with E-state index < -0.39 is 10.8 Å². The van der Waals surface area contributed by atoms with Crippen LogP contribution in [-0.4, -0.2) is 10.5 Å². The number of ether oxygens (including phenoxy) is 1. The molecule has 0 radical (unpaired) electrons. The van der Waals surface area contributed by atoms with Crippen LogP contribution in [0.1, 0.15) is 0 Å². The van der Waals surface area contributed by atoms with E-state index in [9.17, 15) is 4.21 Å².